The first kappa shape index (κ1) is 22.8. The summed E-state index contributed by atoms with van der Waals surface area (Å²) >= 11 is 2.73. The Labute approximate surface area is 193 Å². The Bertz CT molecular complexity index is 1130. The number of aliphatic hydroxyl groups is 2. The molecule has 4 rings (SSSR count). The summed E-state index contributed by atoms with van der Waals surface area (Å²) in [6.07, 6.45) is 0.730. The van der Waals surface area contributed by atoms with E-state index in [2.05, 4.69) is 25.1 Å². The molecular weight excluding hydrogens is 452 g/mol. The predicted molar refractivity (Wildman–Crippen MR) is 119 cm³/mol. The standard InChI is InChI=1S/C20H22N6O4S2/c1-10-5-14(18(21-3)22-6-10)32-20-17(29-4)15(16(28)13(8-27)30-20)26-7-12(24-25-26)19-23-11(2)9-31-19/h5-7,9,13,15-17,20,27-28H,8H2,1-2,4H3/t13?,15-,16-,17?,20+/m0/s1. The van der Waals surface area contributed by atoms with Crippen molar-refractivity contribution < 1.29 is 19.7 Å². The molecule has 3 aromatic heterocycles. The molecule has 168 valence electrons. The second-order valence-electron chi connectivity index (χ2n) is 7.35. The Kier molecular flexibility index (Phi) is 6.85. The summed E-state index contributed by atoms with van der Waals surface area (Å²) in [5.41, 5.74) is 1.74. The molecule has 1 aliphatic rings. The van der Waals surface area contributed by atoms with Gasteiger partial charge in [0.2, 0.25) is 0 Å². The minimum Gasteiger partial charge on any atom is -0.394 e. The number of nitrogens with zero attached hydrogens (tertiary/aromatic N) is 6. The van der Waals surface area contributed by atoms with Crippen molar-refractivity contribution in [1.29, 1.82) is 0 Å². The minimum atomic E-state index is -1.09. The van der Waals surface area contributed by atoms with Gasteiger partial charge in [-0.2, -0.15) is 0 Å². The topological polar surface area (TPSA) is 120 Å². The molecule has 5 atom stereocenters. The molecule has 1 fully saturated rings. The molecular formula is C20H22N6O4S2. The van der Waals surface area contributed by atoms with Crippen LogP contribution < -0.4 is 0 Å². The van der Waals surface area contributed by atoms with Gasteiger partial charge in [-0.05, 0) is 19.4 Å². The fourth-order valence-corrected chi connectivity index (χ4v) is 5.59. The number of aromatic nitrogens is 5. The van der Waals surface area contributed by atoms with Crippen molar-refractivity contribution in [2.45, 2.75) is 48.5 Å². The van der Waals surface area contributed by atoms with Crippen LogP contribution in [0.3, 0.4) is 0 Å². The van der Waals surface area contributed by atoms with Gasteiger partial charge >= 0.3 is 0 Å². The molecule has 0 amide bonds. The lowest BCUT2D eigenvalue weighted by atomic mass is 9.97. The predicted octanol–water partition coefficient (Wildman–Crippen LogP) is 2.39. The molecule has 2 N–H and O–H groups in total. The molecule has 1 aliphatic heterocycles. The van der Waals surface area contributed by atoms with Crippen LogP contribution in [0.5, 0.6) is 0 Å². The van der Waals surface area contributed by atoms with Crippen LogP contribution >= 0.6 is 23.1 Å². The van der Waals surface area contributed by atoms with Gasteiger partial charge in [-0.3, -0.25) is 0 Å². The lowest BCUT2D eigenvalue weighted by Crippen LogP contribution is -2.55. The second kappa shape index (κ2) is 9.62. The molecule has 0 bridgehead atoms. The van der Waals surface area contributed by atoms with Crippen LogP contribution in [0, 0.1) is 20.4 Å². The molecule has 3 aromatic rings. The van der Waals surface area contributed by atoms with E-state index in [1.165, 1.54) is 34.9 Å². The van der Waals surface area contributed by atoms with E-state index >= 15 is 0 Å². The van der Waals surface area contributed by atoms with Gasteiger partial charge in [-0.25, -0.2) is 9.67 Å². The first-order valence-electron chi connectivity index (χ1n) is 9.77. The summed E-state index contributed by atoms with van der Waals surface area (Å²) in [7, 11) is 1.52. The van der Waals surface area contributed by atoms with Gasteiger partial charge < -0.3 is 24.5 Å². The van der Waals surface area contributed by atoms with E-state index in [1.54, 1.807) is 12.4 Å². The van der Waals surface area contributed by atoms with Crippen molar-refractivity contribution in [3.8, 4) is 10.7 Å². The van der Waals surface area contributed by atoms with E-state index in [1.807, 2.05) is 25.3 Å². The molecule has 0 saturated carbocycles. The van der Waals surface area contributed by atoms with Gasteiger partial charge in [0.15, 0.2) is 0 Å². The zero-order valence-corrected chi connectivity index (χ0v) is 19.2. The SMILES string of the molecule is [C-]#[N+]c1ncc(C)cc1S[C@H]1OC(CO)[C@H](O)[C@H](n2cc(-c3nc(C)cs3)nn2)C1OC. The molecule has 10 nitrogen and oxygen atoms in total. The minimum absolute atomic E-state index is 0.254. The number of pyridine rings is 1. The van der Waals surface area contributed by atoms with Gasteiger partial charge in [0.05, 0.1) is 12.8 Å². The monoisotopic (exact) mass is 474 g/mol. The van der Waals surface area contributed by atoms with Crippen LogP contribution in [0.25, 0.3) is 15.5 Å². The molecule has 32 heavy (non-hydrogen) atoms. The second-order valence-corrected chi connectivity index (χ2v) is 9.35. The van der Waals surface area contributed by atoms with Crippen molar-refractivity contribution in [3.63, 3.8) is 0 Å². The van der Waals surface area contributed by atoms with Gasteiger partial charge in [-0.15, -0.1) is 33.2 Å². The van der Waals surface area contributed by atoms with Crippen molar-refractivity contribution >= 4 is 28.9 Å². The molecule has 0 spiro atoms. The van der Waals surface area contributed by atoms with Crippen LogP contribution in [-0.4, -0.2) is 72.6 Å². The Morgan fingerprint density at radius 3 is 2.88 bits per heavy atom. The van der Waals surface area contributed by atoms with Gasteiger partial charge in [0.1, 0.15) is 46.7 Å². The highest BCUT2D eigenvalue weighted by atomic mass is 32.2. The fraction of sp³-hybridized carbons (Fsp3) is 0.450. The van der Waals surface area contributed by atoms with Gasteiger partial charge in [0.25, 0.3) is 5.82 Å². The molecule has 1 saturated heterocycles. The summed E-state index contributed by atoms with van der Waals surface area (Å²) < 4.78 is 13.3. The zero-order chi connectivity index (χ0) is 22.8. The number of aryl methyl sites for hydroxylation is 2. The summed E-state index contributed by atoms with van der Waals surface area (Å²) in [6.45, 7) is 10.8. The van der Waals surface area contributed by atoms with E-state index in [-0.39, 0.29) is 12.4 Å². The zero-order valence-electron chi connectivity index (χ0n) is 17.6. The van der Waals surface area contributed by atoms with Gasteiger partial charge in [0, 0.05) is 23.1 Å². The molecule has 0 aromatic carbocycles. The summed E-state index contributed by atoms with van der Waals surface area (Å²) in [6, 6.07) is 1.17. The maximum absolute atomic E-state index is 11.0. The largest absolute Gasteiger partial charge is 0.394 e. The van der Waals surface area contributed by atoms with E-state index in [0.717, 1.165) is 16.3 Å². The molecule has 2 unspecified atom stereocenters. The van der Waals surface area contributed by atoms with Crippen LogP contribution in [0.1, 0.15) is 17.3 Å². The Hall–Kier alpha value is -2.40. The average Bonchev–Trinajstić information content (AvgIpc) is 3.43. The van der Waals surface area contributed by atoms with E-state index in [9.17, 15) is 10.2 Å². The highest BCUT2D eigenvalue weighted by Crippen LogP contribution is 2.42. The smallest absolute Gasteiger partial charge is 0.283 e. The Balaban J connectivity index is 1.68. The van der Waals surface area contributed by atoms with Crippen molar-refractivity contribution in [2.24, 2.45) is 0 Å². The highest BCUT2D eigenvalue weighted by Gasteiger charge is 2.47. The fourth-order valence-electron chi connectivity index (χ4n) is 3.53. The maximum Gasteiger partial charge on any atom is 0.283 e. The number of hydrogen-bond acceptors (Lipinski definition) is 10. The van der Waals surface area contributed by atoms with Crippen LogP contribution in [0.2, 0.25) is 0 Å². The lowest BCUT2D eigenvalue weighted by molar-refractivity contribution is -0.186. The van der Waals surface area contributed by atoms with E-state index < -0.39 is 29.8 Å². The van der Waals surface area contributed by atoms with Crippen molar-refractivity contribution in [3.05, 3.63) is 46.5 Å². The van der Waals surface area contributed by atoms with Gasteiger partial charge in [-0.1, -0.05) is 17.9 Å². The van der Waals surface area contributed by atoms with E-state index in [0.29, 0.717) is 10.6 Å². The first-order chi connectivity index (χ1) is 15.4. The molecule has 0 radical (unpaired) electrons. The van der Waals surface area contributed by atoms with Crippen LogP contribution in [0.15, 0.2) is 28.7 Å². The number of thiazole rings is 1. The third-order valence-electron chi connectivity index (χ3n) is 5.07. The maximum atomic E-state index is 11.0. The Morgan fingerprint density at radius 2 is 2.22 bits per heavy atom. The average molecular weight is 475 g/mol. The van der Waals surface area contributed by atoms with Crippen molar-refractivity contribution in [1.82, 2.24) is 25.0 Å². The lowest BCUT2D eigenvalue weighted by Gasteiger charge is -2.43. The number of methoxy groups -OCH3 is 1. The molecule has 0 aliphatic carbocycles. The first-order valence-corrected chi connectivity index (χ1v) is 11.5. The quantitative estimate of drug-likeness (QED) is 0.519. The summed E-state index contributed by atoms with van der Waals surface area (Å²) in [5.74, 6) is 0.254. The number of rotatable bonds is 6. The molecule has 4 heterocycles. The van der Waals surface area contributed by atoms with E-state index in [4.69, 9.17) is 16.0 Å². The highest BCUT2D eigenvalue weighted by molar-refractivity contribution is 8.00. The third-order valence-corrected chi connectivity index (χ3v) is 7.22. The number of aliphatic hydroxyl groups excluding tert-OH is 2. The summed E-state index contributed by atoms with van der Waals surface area (Å²) in [4.78, 5) is 12.7. The molecule has 12 heteroatoms. The van der Waals surface area contributed by atoms with Crippen LogP contribution in [-0.2, 0) is 9.47 Å². The van der Waals surface area contributed by atoms with Crippen LogP contribution in [0.4, 0.5) is 5.82 Å². The normalized spacial score (nSPS) is 25.6. The van der Waals surface area contributed by atoms with Crippen molar-refractivity contribution in [2.75, 3.05) is 13.7 Å². The summed E-state index contributed by atoms with van der Waals surface area (Å²) in [5, 5.41) is 31.9. The Morgan fingerprint density at radius 1 is 1.41 bits per heavy atom. The number of thioether (sulfide) groups is 1. The third kappa shape index (κ3) is 4.40. The number of ether oxygens (including phenoxy) is 2. The number of hydrogen-bond donors (Lipinski definition) is 2.